The third-order valence-corrected chi connectivity index (χ3v) is 3.81. The number of hydrogen-bond acceptors (Lipinski definition) is 4. The summed E-state index contributed by atoms with van der Waals surface area (Å²) >= 11 is 0. The highest BCUT2D eigenvalue weighted by Crippen LogP contribution is 2.28. The van der Waals surface area contributed by atoms with E-state index >= 15 is 0 Å². The Morgan fingerprint density at radius 2 is 2.00 bits per heavy atom. The fraction of sp³-hybridized carbons (Fsp3) is 0.400. The summed E-state index contributed by atoms with van der Waals surface area (Å²) in [6, 6.07) is 4.46. The summed E-state index contributed by atoms with van der Waals surface area (Å²) in [5.74, 6) is -0.529. The van der Waals surface area contributed by atoms with E-state index in [-0.39, 0.29) is 16.9 Å². The molecule has 21 heavy (non-hydrogen) atoms. The molecule has 1 aromatic rings. The molecule has 0 aromatic heterocycles. The second-order valence-corrected chi connectivity index (χ2v) is 7.09. The van der Waals surface area contributed by atoms with E-state index in [0.29, 0.717) is 6.42 Å². The molecule has 0 radical (unpaired) electrons. The predicted octanol–water partition coefficient (Wildman–Crippen LogP) is 2.50. The summed E-state index contributed by atoms with van der Waals surface area (Å²) in [4.78, 5) is 10.9. The lowest BCUT2D eigenvalue weighted by atomic mass is 9.83. The van der Waals surface area contributed by atoms with Crippen LogP contribution >= 0.6 is 0 Å². The maximum absolute atomic E-state index is 11.2. The maximum atomic E-state index is 11.2. The van der Waals surface area contributed by atoms with Crippen molar-refractivity contribution in [2.24, 2.45) is 0 Å². The zero-order valence-electron chi connectivity index (χ0n) is 12.4. The maximum Gasteiger partial charge on any atom is 0.330 e. The fourth-order valence-corrected chi connectivity index (χ4v) is 2.52. The van der Waals surface area contributed by atoms with E-state index < -0.39 is 16.1 Å². The van der Waals surface area contributed by atoms with Crippen molar-refractivity contribution in [3.8, 4) is 0 Å². The molecule has 0 aliphatic heterocycles. The number of carbonyl (C=O) groups is 1. The second-order valence-electron chi connectivity index (χ2n) is 5.67. The van der Waals surface area contributed by atoms with Crippen LogP contribution in [0.1, 0.15) is 31.9 Å². The number of ether oxygens (including phenoxy) is 1. The number of hydrogen-bond donors (Lipinski definition) is 1. The van der Waals surface area contributed by atoms with Crippen LogP contribution in [0.4, 0.5) is 0 Å². The molecule has 1 aromatic carbocycles. The number of rotatable bonds is 5. The van der Waals surface area contributed by atoms with Crippen molar-refractivity contribution in [1.82, 2.24) is 0 Å². The SMILES string of the molecule is C=CC(=O)OCCc1cc(S(=O)(=O)O)ccc1C(C)(C)C. The first-order valence-corrected chi connectivity index (χ1v) is 7.90. The van der Waals surface area contributed by atoms with Gasteiger partial charge in [-0.15, -0.1) is 0 Å². The smallest absolute Gasteiger partial charge is 0.330 e. The fourth-order valence-electron chi connectivity index (χ4n) is 1.99. The van der Waals surface area contributed by atoms with Crippen LogP contribution in [-0.4, -0.2) is 25.5 Å². The molecule has 0 bridgehead atoms. The van der Waals surface area contributed by atoms with Gasteiger partial charge < -0.3 is 4.74 Å². The normalized spacial score (nSPS) is 12.0. The van der Waals surface area contributed by atoms with Crippen molar-refractivity contribution >= 4 is 16.1 Å². The van der Waals surface area contributed by atoms with Crippen LogP contribution in [0.5, 0.6) is 0 Å². The van der Waals surface area contributed by atoms with Crippen LogP contribution in [0.2, 0.25) is 0 Å². The number of benzene rings is 1. The zero-order chi connectivity index (χ0) is 16.3. The molecule has 0 aliphatic rings. The summed E-state index contributed by atoms with van der Waals surface area (Å²) in [6.07, 6.45) is 1.43. The highest BCUT2D eigenvalue weighted by molar-refractivity contribution is 7.85. The minimum atomic E-state index is -4.26. The molecular weight excluding hydrogens is 292 g/mol. The van der Waals surface area contributed by atoms with Gasteiger partial charge in [0.2, 0.25) is 0 Å². The van der Waals surface area contributed by atoms with Gasteiger partial charge in [-0.2, -0.15) is 8.42 Å². The largest absolute Gasteiger partial charge is 0.462 e. The van der Waals surface area contributed by atoms with Gasteiger partial charge in [-0.05, 0) is 28.7 Å². The topological polar surface area (TPSA) is 80.7 Å². The Morgan fingerprint density at radius 1 is 1.38 bits per heavy atom. The van der Waals surface area contributed by atoms with E-state index in [1.165, 1.54) is 12.1 Å². The third kappa shape index (κ3) is 4.99. The van der Waals surface area contributed by atoms with Crippen LogP contribution < -0.4 is 0 Å². The van der Waals surface area contributed by atoms with Gasteiger partial charge in [0.15, 0.2) is 0 Å². The Bertz CT molecular complexity index is 639. The van der Waals surface area contributed by atoms with Crippen LogP contribution in [-0.2, 0) is 31.5 Å². The highest BCUT2D eigenvalue weighted by Gasteiger charge is 2.20. The number of carbonyl (C=O) groups excluding carboxylic acids is 1. The van der Waals surface area contributed by atoms with E-state index in [1.54, 1.807) is 6.07 Å². The molecule has 0 amide bonds. The molecule has 0 aliphatic carbocycles. The standard InChI is InChI=1S/C15H20O5S/c1-5-14(16)20-9-8-11-10-12(21(17,18)19)6-7-13(11)15(2,3)4/h5-7,10H,1,8-9H2,2-4H3,(H,17,18,19). The van der Waals surface area contributed by atoms with Crippen molar-refractivity contribution in [2.45, 2.75) is 37.5 Å². The van der Waals surface area contributed by atoms with E-state index in [2.05, 4.69) is 6.58 Å². The summed E-state index contributed by atoms with van der Waals surface area (Å²) in [7, 11) is -4.26. The van der Waals surface area contributed by atoms with Crippen LogP contribution in [0.15, 0.2) is 35.7 Å². The molecule has 0 spiro atoms. The summed E-state index contributed by atoms with van der Waals surface area (Å²) in [5, 5.41) is 0. The molecule has 5 nitrogen and oxygen atoms in total. The lowest BCUT2D eigenvalue weighted by Crippen LogP contribution is -2.16. The average Bonchev–Trinajstić information content (AvgIpc) is 2.36. The van der Waals surface area contributed by atoms with Crippen molar-refractivity contribution < 1.29 is 22.5 Å². The molecule has 0 unspecified atom stereocenters. The Labute approximate surface area is 125 Å². The molecule has 0 saturated carbocycles. The average molecular weight is 312 g/mol. The second kappa shape index (κ2) is 6.41. The molecule has 116 valence electrons. The van der Waals surface area contributed by atoms with Crippen molar-refractivity contribution in [1.29, 1.82) is 0 Å². The first-order chi connectivity index (χ1) is 9.55. The third-order valence-electron chi connectivity index (χ3n) is 2.96. The van der Waals surface area contributed by atoms with Crippen molar-refractivity contribution in [2.75, 3.05) is 6.61 Å². The summed E-state index contributed by atoms with van der Waals surface area (Å²) in [6.45, 7) is 9.40. The quantitative estimate of drug-likeness (QED) is 0.513. The lowest BCUT2D eigenvalue weighted by molar-refractivity contribution is -0.137. The molecule has 0 atom stereocenters. The Morgan fingerprint density at radius 3 is 2.48 bits per heavy atom. The predicted molar refractivity (Wildman–Crippen MR) is 79.8 cm³/mol. The minimum Gasteiger partial charge on any atom is -0.462 e. The van der Waals surface area contributed by atoms with E-state index in [0.717, 1.165) is 17.2 Å². The Kier molecular flexibility index (Phi) is 5.31. The minimum absolute atomic E-state index is 0.114. The first kappa shape index (κ1) is 17.4. The molecule has 6 heteroatoms. The summed E-state index contributed by atoms with van der Waals surface area (Å²) in [5.41, 5.74) is 1.45. The van der Waals surface area contributed by atoms with E-state index in [9.17, 15) is 13.2 Å². The van der Waals surface area contributed by atoms with Gasteiger partial charge in [0.1, 0.15) is 0 Å². The zero-order valence-corrected chi connectivity index (χ0v) is 13.2. The van der Waals surface area contributed by atoms with Gasteiger partial charge in [-0.3, -0.25) is 4.55 Å². The van der Waals surface area contributed by atoms with E-state index in [4.69, 9.17) is 9.29 Å². The van der Waals surface area contributed by atoms with Gasteiger partial charge >= 0.3 is 5.97 Å². The molecule has 1 rings (SSSR count). The molecule has 0 saturated heterocycles. The van der Waals surface area contributed by atoms with Gasteiger partial charge in [0.05, 0.1) is 11.5 Å². The Balaban J connectivity index is 3.12. The molecule has 0 fully saturated rings. The monoisotopic (exact) mass is 312 g/mol. The number of esters is 1. The highest BCUT2D eigenvalue weighted by atomic mass is 32.2. The van der Waals surface area contributed by atoms with Crippen molar-refractivity contribution in [3.63, 3.8) is 0 Å². The first-order valence-electron chi connectivity index (χ1n) is 6.46. The molecular formula is C15H20O5S. The van der Waals surface area contributed by atoms with Crippen molar-refractivity contribution in [3.05, 3.63) is 42.0 Å². The summed E-state index contributed by atoms with van der Waals surface area (Å²) < 4.78 is 36.5. The van der Waals surface area contributed by atoms with E-state index in [1.807, 2.05) is 20.8 Å². The lowest BCUT2D eigenvalue weighted by Gasteiger charge is -2.23. The van der Waals surface area contributed by atoms with Gasteiger partial charge in [0.25, 0.3) is 10.1 Å². The Hall–Kier alpha value is -1.66. The van der Waals surface area contributed by atoms with Crippen LogP contribution in [0.3, 0.4) is 0 Å². The van der Waals surface area contributed by atoms with Gasteiger partial charge in [-0.1, -0.05) is 33.4 Å². The van der Waals surface area contributed by atoms with Gasteiger partial charge in [-0.25, -0.2) is 4.79 Å². The molecule has 1 N–H and O–H groups in total. The molecule has 0 heterocycles. The van der Waals surface area contributed by atoms with Crippen LogP contribution in [0, 0.1) is 0 Å². The van der Waals surface area contributed by atoms with Gasteiger partial charge in [0, 0.05) is 12.5 Å². The van der Waals surface area contributed by atoms with Crippen LogP contribution in [0.25, 0.3) is 0 Å².